The van der Waals surface area contributed by atoms with Crippen molar-refractivity contribution in [1.29, 1.82) is 0 Å². The molecule has 0 aromatic heterocycles. The van der Waals surface area contributed by atoms with Crippen LogP contribution in [0, 0.1) is 13.8 Å². The lowest BCUT2D eigenvalue weighted by Crippen LogP contribution is -2.36. The van der Waals surface area contributed by atoms with Crippen molar-refractivity contribution in [2.45, 2.75) is 25.9 Å². The van der Waals surface area contributed by atoms with Crippen LogP contribution in [-0.4, -0.2) is 16.8 Å². The first-order valence-corrected chi connectivity index (χ1v) is 7.63. The zero-order chi connectivity index (χ0) is 16.8. The third kappa shape index (κ3) is 2.64. The molecule has 1 heterocycles. The quantitative estimate of drug-likeness (QED) is 0.848. The van der Waals surface area contributed by atoms with Gasteiger partial charge in [-0.2, -0.15) is 0 Å². The number of hydrogen-bond acceptors (Lipinski definition) is 3. The molecule has 0 spiro atoms. The number of rotatable bonds is 3. The molecule has 3 rings (SSSR count). The number of halogens is 1. The maximum Gasteiger partial charge on any atom is 0.261 e. The van der Waals surface area contributed by atoms with Crippen molar-refractivity contribution in [1.82, 2.24) is 0 Å². The minimum absolute atomic E-state index is 0.298. The average molecular weight is 330 g/mol. The Morgan fingerprint density at radius 3 is 2.52 bits per heavy atom. The fourth-order valence-electron chi connectivity index (χ4n) is 2.82. The van der Waals surface area contributed by atoms with Crippen molar-refractivity contribution in [3.63, 3.8) is 0 Å². The van der Waals surface area contributed by atoms with Gasteiger partial charge in [-0.05, 0) is 31.5 Å². The number of fused-ring (bicyclic) bond motifs is 1. The number of carbonyl (C=O) groups excluding carboxylic acids is 2. The van der Waals surface area contributed by atoms with Gasteiger partial charge in [-0.25, -0.2) is 0 Å². The molecule has 1 atom stereocenters. The van der Waals surface area contributed by atoms with Crippen molar-refractivity contribution >= 4 is 29.0 Å². The number of anilines is 1. The van der Waals surface area contributed by atoms with E-state index >= 15 is 0 Å². The summed E-state index contributed by atoms with van der Waals surface area (Å²) in [6.45, 7) is 3.71. The van der Waals surface area contributed by atoms with Crippen molar-refractivity contribution in [3.8, 4) is 0 Å². The molecule has 0 fully saturated rings. The van der Waals surface area contributed by atoms with E-state index in [1.54, 1.807) is 25.1 Å². The summed E-state index contributed by atoms with van der Waals surface area (Å²) < 4.78 is 0. The summed E-state index contributed by atoms with van der Waals surface area (Å²) in [5, 5.41) is 13.9. The molecular weight excluding hydrogens is 314 g/mol. The monoisotopic (exact) mass is 329 g/mol. The summed E-state index contributed by atoms with van der Waals surface area (Å²) in [5.41, 5.74) is 1.23. The van der Waals surface area contributed by atoms with Crippen LogP contribution in [0.3, 0.4) is 0 Å². The Kier molecular flexibility index (Phi) is 3.74. The molecular formula is C18H16ClNO3. The van der Waals surface area contributed by atoms with Crippen molar-refractivity contribution in [2.75, 3.05) is 5.32 Å². The van der Waals surface area contributed by atoms with Gasteiger partial charge in [0.05, 0.1) is 12.1 Å². The van der Waals surface area contributed by atoms with Gasteiger partial charge in [0.2, 0.25) is 0 Å². The molecule has 1 aliphatic heterocycles. The molecule has 118 valence electrons. The SMILES string of the molecule is Cc1ccc(C(=O)CC2(O)C(=O)Nc3c(C)cc(Cl)cc32)cc1. The number of aliphatic hydroxyl groups is 1. The fraction of sp³-hybridized carbons (Fsp3) is 0.222. The van der Waals surface area contributed by atoms with E-state index in [1.807, 2.05) is 19.1 Å². The minimum Gasteiger partial charge on any atom is -0.375 e. The number of hydrogen-bond donors (Lipinski definition) is 2. The molecule has 2 aromatic carbocycles. The molecule has 0 saturated carbocycles. The molecule has 1 aliphatic rings. The molecule has 5 heteroatoms. The standard InChI is InChI=1S/C18H16ClNO3/c1-10-3-5-12(6-4-10)15(21)9-18(23)14-8-13(19)7-11(2)16(14)20-17(18)22/h3-8,23H,9H2,1-2H3,(H,20,22). The summed E-state index contributed by atoms with van der Waals surface area (Å²) >= 11 is 6.04. The Morgan fingerprint density at radius 1 is 1.22 bits per heavy atom. The Hall–Kier alpha value is -2.17. The second kappa shape index (κ2) is 5.48. The van der Waals surface area contributed by atoms with Crippen molar-refractivity contribution < 1.29 is 14.7 Å². The average Bonchev–Trinajstić information content (AvgIpc) is 2.73. The number of carbonyl (C=O) groups is 2. The predicted octanol–water partition coefficient (Wildman–Crippen LogP) is 3.37. The highest BCUT2D eigenvalue weighted by Gasteiger charge is 2.47. The third-order valence-electron chi connectivity index (χ3n) is 4.15. The normalized spacial score (nSPS) is 19.4. The molecule has 4 nitrogen and oxygen atoms in total. The molecule has 0 bridgehead atoms. The first kappa shape index (κ1) is 15.7. The van der Waals surface area contributed by atoms with Gasteiger partial charge >= 0.3 is 0 Å². The van der Waals surface area contributed by atoms with Crippen molar-refractivity contribution in [3.05, 3.63) is 63.7 Å². The van der Waals surface area contributed by atoms with Gasteiger partial charge in [0.15, 0.2) is 11.4 Å². The number of ketones is 1. The van der Waals surface area contributed by atoms with Crippen LogP contribution in [0.15, 0.2) is 36.4 Å². The predicted molar refractivity (Wildman–Crippen MR) is 88.8 cm³/mol. The Labute approximate surface area is 139 Å². The van der Waals surface area contributed by atoms with Crippen LogP contribution in [0.25, 0.3) is 0 Å². The zero-order valence-electron chi connectivity index (χ0n) is 12.8. The maximum absolute atomic E-state index is 12.5. The Morgan fingerprint density at radius 2 is 1.87 bits per heavy atom. The van der Waals surface area contributed by atoms with Crippen molar-refractivity contribution in [2.24, 2.45) is 0 Å². The third-order valence-corrected chi connectivity index (χ3v) is 4.37. The van der Waals surface area contributed by atoms with Gasteiger partial charge in [-0.1, -0.05) is 41.4 Å². The van der Waals surface area contributed by atoms with Crippen LogP contribution >= 0.6 is 11.6 Å². The highest BCUT2D eigenvalue weighted by atomic mass is 35.5. The minimum atomic E-state index is -1.90. The molecule has 0 saturated heterocycles. The Bertz CT molecular complexity index is 814. The lowest BCUT2D eigenvalue weighted by molar-refractivity contribution is -0.133. The lowest BCUT2D eigenvalue weighted by Gasteiger charge is -2.20. The maximum atomic E-state index is 12.5. The molecule has 2 N–H and O–H groups in total. The summed E-state index contributed by atoms with van der Waals surface area (Å²) in [6.07, 6.45) is -0.325. The molecule has 2 aromatic rings. The summed E-state index contributed by atoms with van der Waals surface area (Å²) in [4.78, 5) is 24.8. The van der Waals surface area contributed by atoms with E-state index in [-0.39, 0.29) is 12.2 Å². The van der Waals surface area contributed by atoms with Gasteiger partial charge in [-0.3, -0.25) is 9.59 Å². The molecule has 0 radical (unpaired) electrons. The topological polar surface area (TPSA) is 66.4 Å². The smallest absolute Gasteiger partial charge is 0.261 e. The molecule has 1 amide bonds. The summed E-state index contributed by atoms with van der Waals surface area (Å²) in [5.74, 6) is -0.897. The van der Waals surface area contributed by atoms with E-state index in [1.165, 1.54) is 6.07 Å². The van der Waals surface area contributed by atoms with Gasteiger partial charge in [0, 0.05) is 16.1 Å². The first-order valence-electron chi connectivity index (χ1n) is 7.25. The van der Waals surface area contributed by atoms with Crippen LogP contribution < -0.4 is 5.32 Å². The van der Waals surface area contributed by atoms with E-state index in [0.717, 1.165) is 11.1 Å². The summed E-state index contributed by atoms with van der Waals surface area (Å²) in [7, 11) is 0. The second-order valence-corrected chi connectivity index (χ2v) is 6.36. The lowest BCUT2D eigenvalue weighted by atomic mass is 9.87. The van der Waals surface area contributed by atoms with E-state index in [2.05, 4.69) is 5.32 Å². The highest BCUT2D eigenvalue weighted by Crippen LogP contribution is 2.42. The van der Waals surface area contributed by atoms with Crippen LogP contribution in [0.5, 0.6) is 0 Å². The van der Waals surface area contributed by atoms with Gasteiger partial charge in [-0.15, -0.1) is 0 Å². The van der Waals surface area contributed by atoms with E-state index in [9.17, 15) is 14.7 Å². The molecule has 1 unspecified atom stereocenters. The first-order chi connectivity index (χ1) is 10.8. The largest absolute Gasteiger partial charge is 0.375 e. The van der Waals surface area contributed by atoms with Crippen LogP contribution in [0.2, 0.25) is 5.02 Å². The number of Topliss-reactive ketones (excluding diaryl/α,β-unsaturated/α-hetero) is 1. The number of benzene rings is 2. The van der Waals surface area contributed by atoms with Crippen LogP contribution in [0.1, 0.15) is 33.5 Å². The zero-order valence-corrected chi connectivity index (χ0v) is 13.6. The number of nitrogens with one attached hydrogen (secondary N) is 1. The fourth-order valence-corrected chi connectivity index (χ4v) is 3.10. The van der Waals surface area contributed by atoms with Gasteiger partial charge < -0.3 is 10.4 Å². The number of amides is 1. The molecule has 0 aliphatic carbocycles. The highest BCUT2D eigenvalue weighted by molar-refractivity contribution is 6.31. The summed E-state index contributed by atoms with van der Waals surface area (Å²) in [6, 6.07) is 10.3. The molecule has 23 heavy (non-hydrogen) atoms. The van der Waals surface area contributed by atoms with Crippen LogP contribution in [0.4, 0.5) is 5.69 Å². The second-order valence-electron chi connectivity index (χ2n) is 5.93. The van der Waals surface area contributed by atoms with E-state index in [0.29, 0.717) is 21.8 Å². The van der Waals surface area contributed by atoms with E-state index < -0.39 is 11.5 Å². The van der Waals surface area contributed by atoms with Gasteiger partial charge in [0.1, 0.15) is 0 Å². The van der Waals surface area contributed by atoms with E-state index in [4.69, 9.17) is 11.6 Å². The Balaban J connectivity index is 1.98. The van der Waals surface area contributed by atoms with Crippen LogP contribution in [-0.2, 0) is 10.4 Å². The van der Waals surface area contributed by atoms with Gasteiger partial charge in [0.25, 0.3) is 5.91 Å². The number of aryl methyl sites for hydroxylation is 2.